The quantitative estimate of drug-likeness (QED) is 0.742. The molecule has 1 heterocycles. The number of nitrogens with one attached hydrogen (secondary N) is 1. The number of piperidine rings is 1. The second kappa shape index (κ2) is 8.48. The van der Waals surface area contributed by atoms with Crippen molar-refractivity contribution in [2.24, 2.45) is 0 Å². The molecule has 4 nitrogen and oxygen atoms in total. The first-order chi connectivity index (χ1) is 13.2. The monoisotopic (exact) mass is 442 g/mol. The average Bonchev–Trinajstić information content (AvgIpc) is 2.67. The lowest BCUT2D eigenvalue weighted by Gasteiger charge is -2.32. The summed E-state index contributed by atoms with van der Waals surface area (Å²) in [5.41, 5.74) is 2.67. The number of hydrogen-bond acceptors (Lipinski definition) is 2. The fourth-order valence-electron chi connectivity index (χ4n) is 3.42. The standard InChI is InChI=1S/C23H27BrN2O2/c1-23(2,3)18-9-7-16(8-10-18)22(28)26-13-11-20(12-14-26)25-21(27)17-5-4-6-19(24)15-17/h4-10,15,20H,11-14H2,1-3H3,(H,25,27). The van der Waals surface area contributed by atoms with Gasteiger partial charge in [-0.05, 0) is 54.2 Å². The van der Waals surface area contributed by atoms with Crippen molar-refractivity contribution in [3.8, 4) is 0 Å². The van der Waals surface area contributed by atoms with Crippen LogP contribution in [-0.2, 0) is 5.41 Å². The second-order valence-corrected chi connectivity index (χ2v) is 9.29. The van der Waals surface area contributed by atoms with Gasteiger partial charge >= 0.3 is 0 Å². The van der Waals surface area contributed by atoms with E-state index in [-0.39, 0.29) is 23.3 Å². The number of nitrogens with zero attached hydrogens (tertiary/aromatic N) is 1. The van der Waals surface area contributed by atoms with Crippen molar-refractivity contribution in [3.05, 3.63) is 69.7 Å². The van der Waals surface area contributed by atoms with Crippen LogP contribution in [-0.4, -0.2) is 35.8 Å². The van der Waals surface area contributed by atoms with Crippen molar-refractivity contribution in [2.45, 2.75) is 45.1 Å². The molecule has 0 spiro atoms. The number of benzene rings is 2. The van der Waals surface area contributed by atoms with E-state index < -0.39 is 0 Å². The number of rotatable bonds is 3. The molecule has 0 aliphatic carbocycles. The smallest absolute Gasteiger partial charge is 0.253 e. The topological polar surface area (TPSA) is 49.4 Å². The Bertz CT molecular complexity index is 848. The van der Waals surface area contributed by atoms with Gasteiger partial charge in [0.2, 0.25) is 0 Å². The van der Waals surface area contributed by atoms with Gasteiger partial charge in [0.15, 0.2) is 0 Å². The molecule has 2 amide bonds. The van der Waals surface area contributed by atoms with Gasteiger partial charge in [0.05, 0.1) is 0 Å². The molecule has 1 aliphatic heterocycles. The zero-order valence-electron chi connectivity index (χ0n) is 16.7. The lowest BCUT2D eigenvalue weighted by Crippen LogP contribution is -2.46. The van der Waals surface area contributed by atoms with Gasteiger partial charge in [0.25, 0.3) is 11.8 Å². The van der Waals surface area contributed by atoms with Crippen LogP contribution in [0.25, 0.3) is 0 Å². The molecule has 0 atom stereocenters. The highest BCUT2D eigenvalue weighted by Gasteiger charge is 2.25. The van der Waals surface area contributed by atoms with Gasteiger partial charge in [0.1, 0.15) is 0 Å². The number of hydrogen-bond donors (Lipinski definition) is 1. The minimum absolute atomic E-state index is 0.0659. The van der Waals surface area contributed by atoms with E-state index in [4.69, 9.17) is 0 Å². The Morgan fingerprint density at radius 3 is 2.21 bits per heavy atom. The van der Waals surface area contributed by atoms with Crippen LogP contribution in [0.1, 0.15) is 59.9 Å². The van der Waals surface area contributed by atoms with Crippen molar-refractivity contribution in [1.82, 2.24) is 10.2 Å². The van der Waals surface area contributed by atoms with Gasteiger partial charge in [-0.2, -0.15) is 0 Å². The Kier molecular flexibility index (Phi) is 6.23. The molecule has 0 radical (unpaired) electrons. The van der Waals surface area contributed by atoms with Crippen molar-refractivity contribution in [2.75, 3.05) is 13.1 Å². The summed E-state index contributed by atoms with van der Waals surface area (Å²) in [6.45, 7) is 7.80. The highest BCUT2D eigenvalue weighted by molar-refractivity contribution is 9.10. The Morgan fingerprint density at radius 1 is 1.00 bits per heavy atom. The summed E-state index contributed by atoms with van der Waals surface area (Å²) in [6, 6.07) is 15.4. The van der Waals surface area contributed by atoms with Gasteiger partial charge in [-0.3, -0.25) is 9.59 Å². The Hall–Kier alpha value is -2.14. The lowest BCUT2D eigenvalue weighted by molar-refractivity contribution is 0.0698. The predicted octanol–water partition coefficient (Wildman–Crippen LogP) is 4.78. The second-order valence-electron chi connectivity index (χ2n) is 8.38. The SMILES string of the molecule is CC(C)(C)c1ccc(C(=O)N2CCC(NC(=O)c3cccc(Br)c3)CC2)cc1. The molecule has 1 N–H and O–H groups in total. The maximum atomic E-state index is 12.8. The molecule has 0 unspecified atom stereocenters. The summed E-state index contributed by atoms with van der Waals surface area (Å²) in [4.78, 5) is 27.1. The molecule has 148 valence electrons. The molecule has 2 aromatic carbocycles. The summed E-state index contributed by atoms with van der Waals surface area (Å²) in [6.07, 6.45) is 1.54. The molecule has 28 heavy (non-hydrogen) atoms. The molecule has 3 rings (SSSR count). The fourth-order valence-corrected chi connectivity index (χ4v) is 3.82. The molecule has 1 aliphatic rings. The third-order valence-electron chi connectivity index (χ3n) is 5.20. The molecule has 0 bridgehead atoms. The van der Waals surface area contributed by atoms with Crippen molar-refractivity contribution in [1.29, 1.82) is 0 Å². The first-order valence-electron chi connectivity index (χ1n) is 9.70. The van der Waals surface area contributed by atoms with Crippen LogP contribution < -0.4 is 5.32 Å². The summed E-state index contributed by atoms with van der Waals surface area (Å²) < 4.78 is 0.887. The van der Waals surface area contributed by atoms with Crippen LogP contribution in [0.3, 0.4) is 0 Å². The minimum Gasteiger partial charge on any atom is -0.349 e. The normalized spacial score (nSPS) is 15.4. The molecule has 1 fully saturated rings. The first kappa shape index (κ1) is 20.6. The van der Waals surface area contributed by atoms with Crippen LogP contribution in [0.15, 0.2) is 53.0 Å². The maximum absolute atomic E-state index is 12.8. The van der Waals surface area contributed by atoms with Crippen LogP contribution in [0.5, 0.6) is 0 Å². The minimum atomic E-state index is -0.0659. The van der Waals surface area contributed by atoms with Gasteiger partial charge in [0, 0.05) is 34.7 Å². The van der Waals surface area contributed by atoms with Crippen molar-refractivity contribution in [3.63, 3.8) is 0 Å². The molecule has 1 saturated heterocycles. The summed E-state index contributed by atoms with van der Waals surface area (Å²) >= 11 is 3.39. The summed E-state index contributed by atoms with van der Waals surface area (Å²) in [5.74, 6) is 0.000992. The maximum Gasteiger partial charge on any atom is 0.253 e. The van der Waals surface area contributed by atoms with Gasteiger partial charge < -0.3 is 10.2 Å². The van der Waals surface area contributed by atoms with E-state index in [1.165, 1.54) is 5.56 Å². The van der Waals surface area contributed by atoms with E-state index in [1.807, 2.05) is 47.4 Å². The van der Waals surface area contributed by atoms with E-state index >= 15 is 0 Å². The number of carbonyl (C=O) groups is 2. The number of carbonyl (C=O) groups excluding carboxylic acids is 2. The zero-order chi connectivity index (χ0) is 20.3. The third-order valence-corrected chi connectivity index (χ3v) is 5.70. The van der Waals surface area contributed by atoms with Crippen molar-refractivity contribution >= 4 is 27.7 Å². The van der Waals surface area contributed by atoms with Crippen molar-refractivity contribution < 1.29 is 9.59 Å². The van der Waals surface area contributed by atoms with Crippen LogP contribution >= 0.6 is 15.9 Å². The average molecular weight is 443 g/mol. The van der Waals surface area contributed by atoms with E-state index in [9.17, 15) is 9.59 Å². The van der Waals surface area contributed by atoms with Crippen LogP contribution in [0, 0.1) is 0 Å². The molecule has 0 aromatic heterocycles. The van der Waals surface area contributed by atoms with Crippen LogP contribution in [0.4, 0.5) is 0 Å². The highest BCUT2D eigenvalue weighted by Crippen LogP contribution is 2.23. The largest absolute Gasteiger partial charge is 0.349 e. The Labute approximate surface area is 175 Å². The van der Waals surface area contributed by atoms with E-state index in [0.29, 0.717) is 18.7 Å². The van der Waals surface area contributed by atoms with Crippen LogP contribution in [0.2, 0.25) is 0 Å². The molecular formula is C23H27BrN2O2. The Balaban J connectivity index is 1.54. The van der Waals surface area contributed by atoms with E-state index in [1.54, 1.807) is 6.07 Å². The predicted molar refractivity (Wildman–Crippen MR) is 116 cm³/mol. The molecule has 0 saturated carbocycles. The van der Waals surface area contributed by atoms with Gasteiger partial charge in [-0.15, -0.1) is 0 Å². The third kappa shape index (κ3) is 5.02. The summed E-state index contributed by atoms with van der Waals surface area (Å²) in [7, 11) is 0. The molecule has 5 heteroatoms. The van der Waals surface area contributed by atoms with Gasteiger partial charge in [-0.25, -0.2) is 0 Å². The van der Waals surface area contributed by atoms with E-state index in [0.717, 1.165) is 22.9 Å². The Morgan fingerprint density at radius 2 is 1.64 bits per heavy atom. The zero-order valence-corrected chi connectivity index (χ0v) is 18.3. The summed E-state index contributed by atoms with van der Waals surface area (Å²) in [5, 5.41) is 3.09. The number of halogens is 1. The molecular weight excluding hydrogens is 416 g/mol. The number of amides is 2. The molecule has 2 aromatic rings. The van der Waals surface area contributed by atoms with E-state index in [2.05, 4.69) is 42.0 Å². The highest BCUT2D eigenvalue weighted by atomic mass is 79.9. The number of likely N-dealkylation sites (tertiary alicyclic amines) is 1. The fraction of sp³-hybridized carbons (Fsp3) is 0.391. The lowest BCUT2D eigenvalue weighted by atomic mass is 9.86. The first-order valence-corrected chi connectivity index (χ1v) is 10.5. The van der Waals surface area contributed by atoms with Gasteiger partial charge in [-0.1, -0.05) is 54.9 Å².